The molecule has 26 heavy (non-hydrogen) atoms. The van der Waals surface area contributed by atoms with Gasteiger partial charge in [-0.25, -0.2) is 0 Å². The minimum absolute atomic E-state index is 0.234. The Hall–Kier alpha value is -3.46. The highest BCUT2D eigenvalue weighted by molar-refractivity contribution is 6.21. The van der Waals surface area contributed by atoms with E-state index in [1.807, 2.05) is 60.7 Å². The second-order valence-corrected chi connectivity index (χ2v) is 6.52. The lowest BCUT2D eigenvalue weighted by Crippen LogP contribution is -2.35. The smallest absolute Gasteiger partial charge is 0.262 e. The fourth-order valence-electron chi connectivity index (χ4n) is 3.89. The van der Waals surface area contributed by atoms with Crippen LogP contribution in [0.15, 0.2) is 72.8 Å². The van der Waals surface area contributed by atoms with Crippen molar-refractivity contribution < 1.29 is 9.59 Å². The van der Waals surface area contributed by atoms with Crippen molar-refractivity contribution in [3.63, 3.8) is 0 Å². The number of hydrogen-bond donors (Lipinski definition) is 0. The van der Waals surface area contributed by atoms with E-state index in [1.54, 1.807) is 24.3 Å². The van der Waals surface area contributed by atoms with Crippen molar-refractivity contribution in [1.29, 1.82) is 0 Å². The number of carbonyl (C=O) groups excluding carboxylic acids is 2. The van der Waals surface area contributed by atoms with Gasteiger partial charge in [0.15, 0.2) is 0 Å². The molecule has 2 aliphatic rings. The summed E-state index contributed by atoms with van der Waals surface area (Å²) in [4.78, 5) is 27.7. The van der Waals surface area contributed by atoms with Crippen LogP contribution >= 0.6 is 0 Å². The van der Waals surface area contributed by atoms with Gasteiger partial charge in [0.05, 0.1) is 17.2 Å². The van der Waals surface area contributed by atoms with Crippen LogP contribution in [0.4, 0.5) is 0 Å². The zero-order valence-corrected chi connectivity index (χ0v) is 13.9. The molecular formula is C23H15NO2. The van der Waals surface area contributed by atoms with E-state index >= 15 is 0 Å². The molecule has 1 aliphatic carbocycles. The molecule has 2 amide bonds. The van der Waals surface area contributed by atoms with E-state index in [0.29, 0.717) is 11.1 Å². The Bertz CT molecular complexity index is 1010. The third-order valence-electron chi connectivity index (χ3n) is 5.11. The predicted molar refractivity (Wildman–Crippen MR) is 101 cm³/mol. The summed E-state index contributed by atoms with van der Waals surface area (Å²) in [5, 5.41) is 0. The van der Waals surface area contributed by atoms with E-state index in [0.717, 1.165) is 22.3 Å². The van der Waals surface area contributed by atoms with Crippen LogP contribution < -0.4 is 0 Å². The maximum Gasteiger partial charge on any atom is 0.262 e. The van der Waals surface area contributed by atoms with Crippen LogP contribution in [-0.2, 0) is 0 Å². The summed E-state index contributed by atoms with van der Waals surface area (Å²) in [5.41, 5.74) is 4.91. The van der Waals surface area contributed by atoms with Gasteiger partial charge in [-0.1, -0.05) is 72.8 Å². The minimum Gasteiger partial charge on any atom is -0.269 e. The first-order valence-electron chi connectivity index (χ1n) is 8.58. The van der Waals surface area contributed by atoms with Gasteiger partial charge in [0.2, 0.25) is 0 Å². The molecule has 0 saturated carbocycles. The highest BCUT2D eigenvalue weighted by Gasteiger charge is 2.42. The van der Waals surface area contributed by atoms with Crippen LogP contribution in [0.25, 0.3) is 12.2 Å². The van der Waals surface area contributed by atoms with Crippen molar-refractivity contribution in [2.75, 3.05) is 0 Å². The number of nitrogens with zero attached hydrogens (tertiary/aromatic N) is 1. The Kier molecular flexibility index (Phi) is 3.16. The highest BCUT2D eigenvalue weighted by Crippen LogP contribution is 2.40. The van der Waals surface area contributed by atoms with E-state index in [1.165, 1.54) is 4.90 Å². The fourth-order valence-corrected chi connectivity index (χ4v) is 3.89. The van der Waals surface area contributed by atoms with E-state index in [9.17, 15) is 9.59 Å². The molecule has 3 heteroatoms. The lowest BCUT2D eigenvalue weighted by atomic mass is 9.93. The lowest BCUT2D eigenvalue weighted by Gasteiger charge is -2.28. The lowest BCUT2D eigenvalue weighted by molar-refractivity contribution is 0.0608. The Morgan fingerprint density at radius 1 is 0.577 bits per heavy atom. The van der Waals surface area contributed by atoms with Gasteiger partial charge in [-0.3, -0.25) is 14.5 Å². The number of amides is 2. The molecule has 0 radical (unpaired) electrons. The van der Waals surface area contributed by atoms with Crippen LogP contribution in [0.2, 0.25) is 0 Å². The second-order valence-electron chi connectivity index (χ2n) is 6.52. The summed E-state index contributed by atoms with van der Waals surface area (Å²) in [6.45, 7) is 0. The van der Waals surface area contributed by atoms with Crippen molar-refractivity contribution in [2.45, 2.75) is 6.04 Å². The molecule has 0 atom stereocenters. The van der Waals surface area contributed by atoms with Crippen molar-refractivity contribution in [3.8, 4) is 0 Å². The molecule has 0 saturated heterocycles. The molecule has 3 nitrogen and oxygen atoms in total. The molecule has 0 unspecified atom stereocenters. The Morgan fingerprint density at radius 2 is 1.00 bits per heavy atom. The molecule has 5 rings (SSSR count). The zero-order chi connectivity index (χ0) is 17.7. The van der Waals surface area contributed by atoms with Crippen LogP contribution in [0, 0.1) is 0 Å². The van der Waals surface area contributed by atoms with E-state index in [2.05, 4.69) is 0 Å². The van der Waals surface area contributed by atoms with E-state index in [4.69, 9.17) is 0 Å². The molecule has 0 fully saturated rings. The number of imide groups is 1. The summed E-state index contributed by atoms with van der Waals surface area (Å²) >= 11 is 0. The maximum absolute atomic E-state index is 13.1. The number of fused-ring (bicyclic) bond motifs is 3. The number of rotatable bonds is 1. The van der Waals surface area contributed by atoms with Crippen molar-refractivity contribution >= 4 is 24.0 Å². The first-order valence-corrected chi connectivity index (χ1v) is 8.58. The molecule has 0 N–H and O–H groups in total. The molecular weight excluding hydrogens is 322 g/mol. The van der Waals surface area contributed by atoms with Gasteiger partial charge in [-0.15, -0.1) is 0 Å². The van der Waals surface area contributed by atoms with Gasteiger partial charge < -0.3 is 0 Å². The van der Waals surface area contributed by atoms with Crippen LogP contribution in [0.1, 0.15) is 49.0 Å². The van der Waals surface area contributed by atoms with Crippen molar-refractivity contribution in [2.24, 2.45) is 0 Å². The monoisotopic (exact) mass is 337 g/mol. The minimum atomic E-state index is -0.440. The molecule has 3 aromatic rings. The average molecular weight is 337 g/mol. The van der Waals surface area contributed by atoms with Crippen LogP contribution in [-0.4, -0.2) is 16.7 Å². The standard InChI is InChI=1S/C23H15NO2/c25-22-19-11-5-6-12-20(19)23(26)24(22)21-17-9-3-1-7-15(17)13-14-16-8-2-4-10-18(16)21/h1-14,21H. The summed E-state index contributed by atoms with van der Waals surface area (Å²) in [7, 11) is 0. The fraction of sp³-hybridized carbons (Fsp3) is 0.0435. The van der Waals surface area contributed by atoms with Gasteiger partial charge in [-0.2, -0.15) is 0 Å². The quantitative estimate of drug-likeness (QED) is 0.611. The SMILES string of the molecule is O=C1c2ccccc2C(=O)N1C1c2ccccc2C=Cc2ccccc21. The number of hydrogen-bond acceptors (Lipinski definition) is 2. The zero-order valence-electron chi connectivity index (χ0n) is 13.9. The topological polar surface area (TPSA) is 37.4 Å². The first kappa shape index (κ1) is 14.8. The summed E-state index contributed by atoms with van der Waals surface area (Å²) in [5.74, 6) is -0.468. The van der Waals surface area contributed by atoms with Crippen molar-refractivity contribution in [1.82, 2.24) is 4.90 Å². The predicted octanol–water partition coefficient (Wildman–Crippen LogP) is 4.56. The number of benzene rings is 3. The number of carbonyl (C=O) groups is 2. The molecule has 0 aromatic heterocycles. The normalized spacial score (nSPS) is 15.5. The second kappa shape index (κ2) is 5.53. The van der Waals surface area contributed by atoms with Crippen molar-refractivity contribution in [3.05, 3.63) is 106 Å². The third kappa shape index (κ3) is 2.01. The van der Waals surface area contributed by atoms with Crippen LogP contribution in [0.5, 0.6) is 0 Å². The van der Waals surface area contributed by atoms with Crippen LogP contribution in [0.3, 0.4) is 0 Å². The summed E-state index contributed by atoms with van der Waals surface area (Å²) in [6.07, 6.45) is 4.10. The summed E-state index contributed by atoms with van der Waals surface area (Å²) in [6, 6.07) is 22.5. The van der Waals surface area contributed by atoms with E-state index < -0.39 is 6.04 Å². The van der Waals surface area contributed by atoms with Gasteiger partial charge >= 0.3 is 0 Å². The third-order valence-corrected chi connectivity index (χ3v) is 5.11. The maximum atomic E-state index is 13.1. The average Bonchev–Trinajstić information content (AvgIpc) is 2.84. The van der Waals surface area contributed by atoms with E-state index in [-0.39, 0.29) is 11.8 Å². The molecule has 0 spiro atoms. The van der Waals surface area contributed by atoms with Gasteiger partial charge in [0, 0.05) is 0 Å². The molecule has 124 valence electrons. The first-order chi connectivity index (χ1) is 12.8. The molecule has 1 heterocycles. The Labute approximate surface area is 151 Å². The largest absolute Gasteiger partial charge is 0.269 e. The Morgan fingerprint density at radius 3 is 1.50 bits per heavy atom. The highest BCUT2D eigenvalue weighted by atomic mass is 16.2. The summed E-state index contributed by atoms with van der Waals surface area (Å²) < 4.78 is 0. The molecule has 1 aliphatic heterocycles. The van der Waals surface area contributed by atoms with Gasteiger partial charge in [0.1, 0.15) is 0 Å². The molecule has 0 bridgehead atoms. The Balaban J connectivity index is 1.76. The molecule has 3 aromatic carbocycles. The van der Waals surface area contributed by atoms with Gasteiger partial charge in [-0.05, 0) is 34.4 Å². The van der Waals surface area contributed by atoms with Gasteiger partial charge in [0.25, 0.3) is 11.8 Å².